The highest BCUT2D eigenvalue weighted by atomic mass is 16.4. The molecule has 3 fully saturated rings. The van der Waals surface area contributed by atoms with Gasteiger partial charge >= 0.3 is 0 Å². The number of aromatic carboxylic acids is 2. The molecule has 7 nitrogen and oxygen atoms in total. The predicted octanol–water partition coefficient (Wildman–Crippen LogP) is -1.05. The Balaban J connectivity index is 1.79. The molecule has 1 heterocycles. The Bertz CT molecular complexity index is 740. The van der Waals surface area contributed by atoms with Crippen molar-refractivity contribution >= 4 is 29.4 Å². The van der Waals surface area contributed by atoms with Crippen LogP contribution in [0.4, 0.5) is 5.69 Å². The van der Waals surface area contributed by atoms with E-state index in [4.69, 9.17) is 0 Å². The summed E-state index contributed by atoms with van der Waals surface area (Å²) < 4.78 is 0. The first-order valence-corrected chi connectivity index (χ1v) is 7.84. The molecule has 2 aliphatic carbocycles. The average molecular weight is 327 g/mol. The molecule has 1 aromatic carbocycles. The van der Waals surface area contributed by atoms with Gasteiger partial charge in [0.2, 0.25) is 11.8 Å². The number of hydrogen-bond donors (Lipinski definition) is 0. The van der Waals surface area contributed by atoms with E-state index in [1.807, 2.05) is 0 Å². The summed E-state index contributed by atoms with van der Waals surface area (Å²) in [5.41, 5.74) is -0.862. The summed E-state index contributed by atoms with van der Waals surface area (Å²) >= 11 is 0. The van der Waals surface area contributed by atoms with Gasteiger partial charge in [-0.2, -0.15) is 0 Å². The van der Waals surface area contributed by atoms with Gasteiger partial charge in [-0.25, -0.2) is 4.90 Å². The molecule has 124 valence electrons. The largest absolute Gasteiger partial charge is 0.545 e. The van der Waals surface area contributed by atoms with Crippen LogP contribution < -0.4 is 15.1 Å². The second kappa shape index (κ2) is 4.90. The molecule has 2 amide bonds. The smallest absolute Gasteiger partial charge is 0.237 e. The first kappa shape index (κ1) is 14.9. The third kappa shape index (κ3) is 1.90. The molecule has 4 rings (SSSR count). The SMILES string of the molecule is O=C([O-])c1cc(C(=O)[O-])cc(N2C(=O)[C@H]3[C@H]4CC[C@@H](C4)[C@@H]3C2=O)c1. The van der Waals surface area contributed by atoms with Gasteiger partial charge in [-0.15, -0.1) is 0 Å². The fourth-order valence-corrected chi connectivity index (χ4v) is 4.64. The number of hydrogen-bond acceptors (Lipinski definition) is 6. The highest BCUT2D eigenvalue weighted by Crippen LogP contribution is 2.56. The highest BCUT2D eigenvalue weighted by Gasteiger charge is 2.61. The zero-order valence-electron chi connectivity index (χ0n) is 12.6. The van der Waals surface area contributed by atoms with Gasteiger partial charge in [0.05, 0.1) is 29.5 Å². The van der Waals surface area contributed by atoms with Gasteiger partial charge in [0.25, 0.3) is 0 Å². The van der Waals surface area contributed by atoms with Crippen LogP contribution in [0.5, 0.6) is 0 Å². The Morgan fingerprint density at radius 2 is 1.33 bits per heavy atom. The molecule has 1 saturated heterocycles. The van der Waals surface area contributed by atoms with Crippen LogP contribution in [0, 0.1) is 23.7 Å². The van der Waals surface area contributed by atoms with E-state index < -0.39 is 23.1 Å². The number of benzene rings is 1. The third-order valence-corrected chi connectivity index (χ3v) is 5.57. The quantitative estimate of drug-likeness (QED) is 0.654. The zero-order chi connectivity index (χ0) is 17.2. The van der Waals surface area contributed by atoms with Crippen molar-refractivity contribution in [2.24, 2.45) is 23.7 Å². The lowest BCUT2D eigenvalue weighted by Crippen LogP contribution is -2.34. The number of carboxylic acids is 2. The van der Waals surface area contributed by atoms with E-state index in [1.54, 1.807) is 0 Å². The lowest BCUT2D eigenvalue weighted by atomic mass is 9.81. The number of carboxylic acid groups (broad SMARTS) is 2. The maximum absolute atomic E-state index is 12.7. The van der Waals surface area contributed by atoms with Gasteiger partial charge < -0.3 is 19.8 Å². The first-order valence-electron chi connectivity index (χ1n) is 7.84. The van der Waals surface area contributed by atoms with Crippen LogP contribution in [0.1, 0.15) is 40.0 Å². The average Bonchev–Trinajstić information content (AvgIpc) is 3.21. The molecule has 0 unspecified atom stereocenters. The minimum Gasteiger partial charge on any atom is -0.545 e. The lowest BCUT2D eigenvalue weighted by molar-refractivity contribution is -0.255. The standard InChI is InChI=1S/C17H15NO6/c19-14-12-7-1-2-8(3-7)13(12)15(20)18(14)11-5-9(16(21)22)4-10(6-11)17(23)24/h4-8,12-13H,1-3H2,(H,21,22)(H,23,24)/p-2/t7-,8-,12-,13-/m0/s1. The summed E-state index contributed by atoms with van der Waals surface area (Å²) in [6.07, 6.45) is 2.72. The predicted molar refractivity (Wildman–Crippen MR) is 75.4 cm³/mol. The van der Waals surface area contributed by atoms with Crippen molar-refractivity contribution in [3.05, 3.63) is 29.3 Å². The monoisotopic (exact) mass is 327 g/mol. The topological polar surface area (TPSA) is 118 Å². The second-order valence-corrected chi connectivity index (χ2v) is 6.74. The Morgan fingerprint density at radius 3 is 1.75 bits per heavy atom. The molecule has 0 spiro atoms. The van der Waals surface area contributed by atoms with Crippen LogP contribution in [-0.4, -0.2) is 23.8 Å². The number of imide groups is 1. The minimum absolute atomic E-state index is 0.0419. The van der Waals surface area contributed by atoms with Gasteiger partial charge in [0, 0.05) is 0 Å². The van der Waals surface area contributed by atoms with E-state index in [1.165, 1.54) is 0 Å². The minimum atomic E-state index is -1.58. The fourth-order valence-electron chi connectivity index (χ4n) is 4.64. The number of fused-ring (bicyclic) bond motifs is 5. The van der Waals surface area contributed by atoms with Crippen molar-refractivity contribution in [3.8, 4) is 0 Å². The van der Waals surface area contributed by atoms with E-state index in [0.717, 1.165) is 42.4 Å². The van der Waals surface area contributed by atoms with E-state index in [9.17, 15) is 29.4 Å². The first-order chi connectivity index (χ1) is 11.4. The van der Waals surface area contributed by atoms with Crippen molar-refractivity contribution in [2.75, 3.05) is 4.90 Å². The maximum Gasteiger partial charge on any atom is 0.237 e. The van der Waals surface area contributed by atoms with Crippen LogP contribution >= 0.6 is 0 Å². The normalized spacial score (nSPS) is 30.8. The molecular formula is C17H13NO6-2. The number of carbonyl (C=O) groups excluding carboxylic acids is 4. The van der Waals surface area contributed by atoms with Crippen molar-refractivity contribution in [1.82, 2.24) is 0 Å². The van der Waals surface area contributed by atoms with E-state index in [2.05, 4.69) is 0 Å². The van der Waals surface area contributed by atoms with E-state index in [-0.39, 0.29) is 41.2 Å². The number of rotatable bonds is 3. The van der Waals surface area contributed by atoms with Gasteiger partial charge in [-0.05, 0) is 60.4 Å². The molecular weight excluding hydrogens is 314 g/mol. The Morgan fingerprint density at radius 1 is 0.875 bits per heavy atom. The van der Waals surface area contributed by atoms with E-state index >= 15 is 0 Å². The van der Waals surface area contributed by atoms with Crippen molar-refractivity contribution in [3.63, 3.8) is 0 Å². The number of anilines is 1. The molecule has 0 radical (unpaired) electrons. The van der Waals surface area contributed by atoms with Crippen LogP contribution in [-0.2, 0) is 9.59 Å². The van der Waals surface area contributed by atoms with Crippen molar-refractivity contribution in [2.45, 2.75) is 19.3 Å². The second-order valence-electron chi connectivity index (χ2n) is 6.74. The number of carbonyl (C=O) groups is 4. The number of nitrogens with zero attached hydrogens (tertiary/aromatic N) is 1. The molecule has 0 aromatic heterocycles. The van der Waals surface area contributed by atoms with Crippen LogP contribution in [0.2, 0.25) is 0 Å². The Labute approximate surface area is 136 Å². The summed E-state index contributed by atoms with van der Waals surface area (Å²) in [6, 6.07) is 3.09. The van der Waals surface area contributed by atoms with Gasteiger partial charge in [-0.3, -0.25) is 9.59 Å². The molecule has 24 heavy (non-hydrogen) atoms. The van der Waals surface area contributed by atoms with Crippen LogP contribution in [0.25, 0.3) is 0 Å². The molecule has 3 aliphatic rings. The molecule has 1 aliphatic heterocycles. The number of amides is 2. The Hall–Kier alpha value is -2.70. The highest BCUT2D eigenvalue weighted by molar-refractivity contribution is 6.23. The van der Waals surface area contributed by atoms with Gasteiger partial charge in [0.1, 0.15) is 0 Å². The Kier molecular flexibility index (Phi) is 3.03. The summed E-state index contributed by atoms with van der Waals surface area (Å²) in [6.45, 7) is 0. The summed E-state index contributed by atoms with van der Waals surface area (Å²) in [5.74, 6) is -4.26. The molecule has 7 heteroatoms. The van der Waals surface area contributed by atoms with Crippen molar-refractivity contribution in [1.29, 1.82) is 0 Å². The fraction of sp³-hybridized carbons (Fsp3) is 0.412. The molecule has 2 bridgehead atoms. The van der Waals surface area contributed by atoms with Gasteiger partial charge in [-0.1, -0.05) is 0 Å². The third-order valence-electron chi connectivity index (χ3n) is 5.57. The van der Waals surface area contributed by atoms with Crippen molar-refractivity contribution < 1.29 is 29.4 Å². The maximum atomic E-state index is 12.7. The van der Waals surface area contributed by atoms with Crippen LogP contribution in [0.15, 0.2) is 18.2 Å². The van der Waals surface area contributed by atoms with Gasteiger partial charge in [0.15, 0.2) is 0 Å². The summed E-state index contributed by atoms with van der Waals surface area (Å²) in [7, 11) is 0. The molecule has 0 N–H and O–H groups in total. The van der Waals surface area contributed by atoms with E-state index in [0.29, 0.717) is 0 Å². The van der Waals surface area contributed by atoms with Crippen LogP contribution in [0.3, 0.4) is 0 Å². The zero-order valence-corrected chi connectivity index (χ0v) is 12.6. The lowest BCUT2D eigenvalue weighted by Gasteiger charge is -2.20. The summed E-state index contributed by atoms with van der Waals surface area (Å²) in [4.78, 5) is 48.6. The molecule has 1 aromatic rings. The molecule has 4 atom stereocenters. The summed E-state index contributed by atoms with van der Waals surface area (Å²) in [5, 5.41) is 22.2. The molecule has 2 saturated carbocycles.